The highest BCUT2D eigenvalue weighted by molar-refractivity contribution is 6.85. The molecule has 0 aliphatic carbocycles. The maximum Gasteiger partial charge on any atom is 0.499 e. The van der Waals surface area contributed by atoms with Crippen LogP contribution in [-0.4, -0.2) is 56.1 Å². The van der Waals surface area contributed by atoms with Crippen LogP contribution in [-0.2, 0) is 21.5 Å². The van der Waals surface area contributed by atoms with Gasteiger partial charge in [0.15, 0.2) is 17.4 Å². The molecular formula is C11H32O5Si4. The molecule has 0 rings (SSSR count). The van der Waals surface area contributed by atoms with Crippen LogP contribution in [0.25, 0.3) is 0 Å². The fourth-order valence-corrected chi connectivity index (χ4v) is 18.0. The van der Waals surface area contributed by atoms with Crippen LogP contribution in [0, 0.1) is 0 Å². The summed E-state index contributed by atoms with van der Waals surface area (Å²) in [4.78, 5) is 0. The Kier molecular flexibility index (Phi) is 8.62. The lowest BCUT2D eigenvalue weighted by Gasteiger charge is -2.36. The number of hydrogen-bond donors (Lipinski definition) is 0. The van der Waals surface area contributed by atoms with E-state index < -0.39 is 34.7 Å². The third-order valence-electron chi connectivity index (χ3n) is 3.01. The first kappa shape index (κ1) is 20.7. The van der Waals surface area contributed by atoms with Gasteiger partial charge < -0.3 is 21.5 Å². The molecule has 0 amide bonds. The van der Waals surface area contributed by atoms with Gasteiger partial charge in [0.2, 0.25) is 0 Å². The first-order chi connectivity index (χ1) is 9.01. The molecule has 0 atom stereocenters. The van der Waals surface area contributed by atoms with Crippen molar-refractivity contribution in [3.8, 4) is 0 Å². The van der Waals surface area contributed by atoms with Crippen molar-refractivity contribution >= 4 is 34.7 Å². The zero-order valence-electron chi connectivity index (χ0n) is 14.5. The summed E-state index contributed by atoms with van der Waals surface area (Å²) in [5.74, 6) is 0. The Balaban J connectivity index is 4.59. The van der Waals surface area contributed by atoms with Crippen molar-refractivity contribution < 1.29 is 21.5 Å². The Morgan fingerprint density at radius 2 is 1.25 bits per heavy atom. The van der Waals surface area contributed by atoms with E-state index in [1.165, 1.54) is 0 Å². The minimum atomic E-state index is -2.50. The van der Waals surface area contributed by atoms with Crippen LogP contribution in [0.15, 0.2) is 0 Å². The highest BCUT2D eigenvalue weighted by Crippen LogP contribution is 2.26. The Morgan fingerprint density at radius 3 is 1.60 bits per heavy atom. The van der Waals surface area contributed by atoms with E-state index in [1.54, 1.807) is 21.3 Å². The minimum absolute atomic E-state index is 0.791. The van der Waals surface area contributed by atoms with E-state index in [9.17, 15) is 0 Å². The Hall–Kier alpha value is 0.668. The monoisotopic (exact) mass is 356 g/mol. The lowest BCUT2D eigenvalue weighted by Crippen LogP contribution is -2.50. The highest BCUT2D eigenvalue weighted by Gasteiger charge is 2.42. The summed E-state index contributed by atoms with van der Waals surface area (Å²) in [6, 6.07) is 1.74. The van der Waals surface area contributed by atoms with E-state index in [-0.39, 0.29) is 0 Å². The van der Waals surface area contributed by atoms with Gasteiger partial charge >= 0.3 is 17.4 Å². The summed E-state index contributed by atoms with van der Waals surface area (Å²) < 4.78 is 28.9. The van der Waals surface area contributed by atoms with Crippen molar-refractivity contribution in [3.05, 3.63) is 0 Å². The normalized spacial score (nSPS) is 14.1. The minimum Gasteiger partial charge on any atom is -0.440 e. The molecule has 0 radical (unpaired) electrons. The molecule has 0 bridgehead atoms. The molecule has 0 aromatic carbocycles. The predicted octanol–water partition coefficient (Wildman–Crippen LogP) is 2.79. The molecule has 122 valence electrons. The van der Waals surface area contributed by atoms with Crippen molar-refractivity contribution in [1.29, 1.82) is 0 Å². The van der Waals surface area contributed by atoms with Gasteiger partial charge in [0, 0.05) is 27.4 Å². The number of rotatable bonds is 10. The summed E-state index contributed by atoms with van der Waals surface area (Å²) >= 11 is 0. The van der Waals surface area contributed by atoms with Crippen LogP contribution in [0.2, 0.25) is 51.4 Å². The quantitative estimate of drug-likeness (QED) is 0.563. The van der Waals surface area contributed by atoms with Crippen LogP contribution < -0.4 is 0 Å². The van der Waals surface area contributed by atoms with Crippen molar-refractivity contribution in [3.63, 3.8) is 0 Å². The summed E-state index contributed by atoms with van der Waals surface area (Å²) in [6.45, 7) is 13.1. The molecule has 20 heavy (non-hydrogen) atoms. The SMILES string of the molecule is CO[Si](CC[Si](C)(C)O[Si](C)(C)O[SiH](C)C)(OC)OC. The first-order valence-corrected chi connectivity index (χ1v) is 17.7. The van der Waals surface area contributed by atoms with E-state index in [1.807, 2.05) is 0 Å². The molecule has 0 spiro atoms. The van der Waals surface area contributed by atoms with Crippen LogP contribution in [0.1, 0.15) is 0 Å². The average molecular weight is 357 g/mol. The second-order valence-corrected chi connectivity index (χ2v) is 20.0. The second-order valence-electron chi connectivity index (χ2n) is 6.22. The third kappa shape index (κ3) is 7.61. The van der Waals surface area contributed by atoms with Gasteiger partial charge in [-0.2, -0.15) is 0 Å². The molecule has 0 aliphatic heterocycles. The largest absolute Gasteiger partial charge is 0.499 e. The van der Waals surface area contributed by atoms with Crippen LogP contribution in [0.5, 0.6) is 0 Å². The fraction of sp³-hybridized carbons (Fsp3) is 1.00. The summed E-state index contributed by atoms with van der Waals surface area (Å²) in [5.41, 5.74) is 0. The molecule has 0 saturated carbocycles. The Morgan fingerprint density at radius 1 is 0.800 bits per heavy atom. The zero-order chi connectivity index (χ0) is 16.0. The van der Waals surface area contributed by atoms with Crippen molar-refractivity contribution in [2.75, 3.05) is 21.3 Å². The highest BCUT2D eigenvalue weighted by atomic mass is 28.5. The third-order valence-corrected chi connectivity index (χ3v) is 16.0. The molecule has 0 aromatic rings. The Bertz CT molecular complexity index is 274. The lowest BCUT2D eigenvalue weighted by atomic mass is 10.9. The maximum absolute atomic E-state index is 6.41. The molecule has 0 fully saturated rings. The molecule has 0 saturated heterocycles. The van der Waals surface area contributed by atoms with Gasteiger partial charge in [-0.15, -0.1) is 0 Å². The van der Waals surface area contributed by atoms with E-state index in [4.69, 9.17) is 21.5 Å². The number of hydrogen-bond acceptors (Lipinski definition) is 5. The van der Waals surface area contributed by atoms with Crippen LogP contribution in [0.3, 0.4) is 0 Å². The van der Waals surface area contributed by atoms with Crippen molar-refractivity contribution in [2.45, 2.75) is 51.4 Å². The smallest absolute Gasteiger partial charge is 0.440 e. The topological polar surface area (TPSA) is 46.2 Å². The zero-order valence-corrected chi connectivity index (χ0v) is 18.7. The molecule has 0 unspecified atom stereocenters. The summed E-state index contributed by atoms with van der Waals surface area (Å²) in [6.07, 6.45) is 0. The maximum atomic E-state index is 6.41. The van der Waals surface area contributed by atoms with E-state index in [2.05, 4.69) is 39.3 Å². The van der Waals surface area contributed by atoms with E-state index in [0.29, 0.717) is 0 Å². The van der Waals surface area contributed by atoms with Crippen LogP contribution in [0.4, 0.5) is 0 Å². The molecule has 0 aliphatic rings. The molecule has 0 heterocycles. The van der Waals surface area contributed by atoms with Gasteiger partial charge in [0.05, 0.1) is 0 Å². The molecule has 0 N–H and O–H groups in total. The van der Waals surface area contributed by atoms with Gasteiger partial charge in [0.1, 0.15) is 0 Å². The standard InChI is InChI=1S/C11H32O5Si4/c1-12-20(13-2,14-3)11-10-18(6,7)16-19(8,9)15-17(4)5/h17H,10-11H2,1-9H3. The van der Waals surface area contributed by atoms with Gasteiger partial charge in [-0.25, -0.2) is 0 Å². The molecular weight excluding hydrogens is 324 g/mol. The second kappa shape index (κ2) is 8.34. The van der Waals surface area contributed by atoms with Crippen LogP contribution >= 0.6 is 0 Å². The first-order valence-electron chi connectivity index (χ1n) is 7.05. The van der Waals surface area contributed by atoms with Gasteiger partial charge in [-0.05, 0) is 45.3 Å². The summed E-state index contributed by atoms with van der Waals surface area (Å²) in [7, 11) is -2.42. The average Bonchev–Trinajstić information content (AvgIpc) is 2.28. The molecule has 9 heteroatoms. The lowest BCUT2D eigenvalue weighted by molar-refractivity contribution is 0.125. The summed E-state index contributed by atoms with van der Waals surface area (Å²) in [5, 5.41) is 0. The van der Waals surface area contributed by atoms with Gasteiger partial charge in [-0.3, -0.25) is 0 Å². The predicted molar refractivity (Wildman–Crippen MR) is 92.4 cm³/mol. The molecule has 5 nitrogen and oxygen atoms in total. The van der Waals surface area contributed by atoms with Gasteiger partial charge in [0.25, 0.3) is 0 Å². The fourth-order valence-electron chi connectivity index (χ4n) is 2.32. The van der Waals surface area contributed by atoms with E-state index >= 15 is 0 Å². The van der Waals surface area contributed by atoms with Crippen molar-refractivity contribution in [2.24, 2.45) is 0 Å². The Labute approximate surface area is 129 Å². The van der Waals surface area contributed by atoms with E-state index in [0.717, 1.165) is 12.1 Å². The van der Waals surface area contributed by atoms with Crippen molar-refractivity contribution in [1.82, 2.24) is 0 Å². The molecule has 0 aromatic heterocycles. The van der Waals surface area contributed by atoms with Gasteiger partial charge in [-0.1, -0.05) is 0 Å².